The number of aromatic nitrogens is 1. The predicted octanol–water partition coefficient (Wildman–Crippen LogP) is 1.55. The highest BCUT2D eigenvalue weighted by Crippen LogP contribution is 2.09. The van der Waals surface area contributed by atoms with Crippen molar-refractivity contribution in [1.82, 2.24) is 4.73 Å². The molecule has 1 heterocycles. The van der Waals surface area contributed by atoms with Gasteiger partial charge in [0.1, 0.15) is 0 Å². The maximum Gasteiger partial charge on any atom is 0.290 e. The molecule has 1 N–H and O–H groups in total. The fraction of sp³-hybridized carbons (Fsp3) is 0.100. The Morgan fingerprint density at radius 1 is 1.31 bits per heavy atom. The molecule has 1 aromatic carbocycles. The lowest BCUT2D eigenvalue weighted by Gasteiger charge is -2.03. The van der Waals surface area contributed by atoms with Gasteiger partial charge in [0.05, 0.1) is 11.1 Å². The molecular formula is C10H9NO2. The van der Waals surface area contributed by atoms with E-state index in [1.165, 1.54) is 0 Å². The van der Waals surface area contributed by atoms with E-state index in [0.29, 0.717) is 15.8 Å². The topological polar surface area (TPSA) is 42.2 Å². The molecule has 0 amide bonds. The van der Waals surface area contributed by atoms with Gasteiger partial charge in [0.25, 0.3) is 5.56 Å². The van der Waals surface area contributed by atoms with Gasteiger partial charge >= 0.3 is 0 Å². The molecule has 0 saturated heterocycles. The normalized spacial score (nSPS) is 10.5. The molecule has 0 fully saturated rings. The van der Waals surface area contributed by atoms with Crippen LogP contribution in [0, 0.1) is 6.92 Å². The number of benzene rings is 1. The van der Waals surface area contributed by atoms with Crippen LogP contribution in [0.3, 0.4) is 0 Å². The number of nitrogens with zero attached hydrogens (tertiary/aromatic N) is 1. The summed E-state index contributed by atoms with van der Waals surface area (Å²) in [5.41, 5.74) is 0.180. The van der Waals surface area contributed by atoms with E-state index in [2.05, 4.69) is 0 Å². The van der Waals surface area contributed by atoms with Crippen LogP contribution in [0.1, 0.15) is 5.69 Å². The molecule has 0 spiro atoms. The van der Waals surface area contributed by atoms with Gasteiger partial charge in [-0.15, -0.1) is 0 Å². The molecule has 0 aliphatic carbocycles. The van der Waals surface area contributed by atoms with Gasteiger partial charge in [0, 0.05) is 0 Å². The minimum Gasteiger partial charge on any atom is -0.425 e. The van der Waals surface area contributed by atoms with Crippen LogP contribution in [-0.4, -0.2) is 9.94 Å². The van der Waals surface area contributed by atoms with Gasteiger partial charge in [-0.25, -0.2) is 0 Å². The Bertz CT molecular complexity index is 514. The zero-order chi connectivity index (χ0) is 9.42. The van der Waals surface area contributed by atoms with Crippen LogP contribution in [0.4, 0.5) is 0 Å². The summed E-state index contributed by atoms with van der Waals surface area (Å²) in [6, 6.07) is 8.96. The molecule has 1 aromatic heterocycles. The van der Waals surface area contributed by atoms with E-state index in [0.717, 1.165) is 5.39 Å². The van der Waals surface area contributed by atoms with Crippen molar-refractivity contribution < 1.29 is 5.21 Å². The number of hydrogen-bond acceptors (Lipinski definition) is 2. The van der Waals surface area contributed by atoms with Crippen molar-refractivity contribution in [2.45, 2.75) is 6.92 Å². The van der Waals surface area contributed by atoms with E-state index in [1.54, 1.807) is 25.1 Å². The van der Waals surface area contributed by atoms with E-state index < -0.39 is 0 Å². The highest BCUT2D eigenvalue weighted by atomic mass is 16.5. The van der Waals surface area contributed by atoms with Crippen molar-refractivity contribution in [3.05, 3.63) is 46.4 Å². The first-order chi connectivity index (χ1) is 6.20. The minimum absolute atomic E-state index is 0.365. The third kappa shape index (κ3) is 1.09. The van der Waals surface area contributed by atoms with Crippen molar-refractivity contribution in [1.29, 1.82) is 0 Å². The smallest absolute Gasteiger partial charge is 0.290 e. The van der Waals surface area contributed by atoms with Gasteiger partial charge in [-0.3, -0.25) is 4.79 Å². The highest BCUT2D eigenvalue weighted by molar-refractivity contribution is 5.81. The molecular weight excluding hydrogens is 166 g/mol. The van der Waals surface area contributed by atoms with Crippen molar-refractivity contribution in [3.63, 3.8) is 0 Å². The predicted molar refractivity (Wildman–Crippen MR) is 50.1 cm³/mol. The summed E-state index contributed by atoms with van der Waals surface area (Å²) >= 11 is 0. The van der Waals surface area contributed by atoms with E-state index in [4.69, 9.17) is 0 Å². The van der Waals surface area contributed by atoms with Crippen molar-refractivity contribution >= 4 is 10.8 Å². The average molecular weight is 175 g/mol. The van der Waals surface area contributed by atoms with Crippen molar-refractivity contribution in [2.24, 2.45) is 0 Å². The Kier molecular flexibility index (Phi) is 1.59. The van der Waals surface area contributed by atoms with Crippen LogP contribution in [0.5, 0.6) is 0 Å². The molecule has 0 unspecified atom stereocenters. The minimum atomic E-state index is -0.365. The molecule has 0 atom stereocenters. The first kappa shape index (κ1) is 7.86. The van der Waals surface area contributed by atoms with Gasteiger partial charge in [0.15, 0.2) is 0 Å². The first-order valence-corrected chi connectivity index (χ1v) is 4.01. The summed E-state index contributed by atoms with van der Waals surface area (Å²) in [5, 5.41) is 10.7. The zero-order valence-corrected chi connectivity index (χ0v) is 7.19. The Morgan fingerprint density at radius 2 is 2.00 bits per heavy atom. The van der Waals surface area contributed by atoms with Gasteiger partial charge in [-0.2, -0.15) is 4.73 Å². The Morgan fingerprint density at radius 3 is 2.77 bits per heavy atom. The summed E-state index contributed by atoms with van der Waals surface area (Å²) in [6.45, 7) is 1.69. The van der Waals surface area contributed by atoms with E-state index in [-0.39, 0.29) is 5.56 Å². The van der Waals surface area contributed by atoms with Gasteiger partial charge < -0.3 is 5.21 Å². The molecule has 3 heteroatoms. The Hall–Kier alpha value is -1.77. The number of fused-ring (bicyclic) bond motifs is 1. The molecule has 3 nitrogen and oxygen atoms in total. The standard InChI is InChI=1S/C10H9NO2/c1-7-6-8-4-2-3-5-9(8)10(12)11(7)13/h2-6,13H,1H3. The van der Waals surface area contributed by atoms with Crippen LogP contribution in [0.15, 0.2) is 35.1 Å². The fourth-order valence-corrected chi connectivity index (χ4v) is 1.38. The Balaban J connectivity index is 3.03. The zero-order valence-electron chi connectivity index (χ0n) is 7.19. The monoisotopic (exact) mass is 175 g/mol. The van der Waals surface area contributed by atoms with Crippen LogP contribution < -0.4 is 5.56 Å². The first-order valence-electron chi connectivity index (χ1n) is 4.01. The molecule has 2 aromatic rings. The van der Waals surface area contributed by atoms with E-state index in [1.807, 2.05) is 12.1 Å². The second kappa shape index (κ2) is 2.62. The van der Waals surface area contributed by atoms with Crippen molar-refractivity contribution in [3.8, 4) is 0 Å². The largest absolute Gasteiger partial charge is 0.425 e. The third-order valence-electron chi connectivity index (χ3n) is 2.08. The quantitative estimate of drug-likeness (QED) is 0.617. The number of aryl methyl sites for hydroxylation is 1. The number of hydrogen-bond donors (Lipinski definition) is 1. The molecule has 13 heavy (non-hydrogen) atoms. The second-order valence-corrected chi connectivity index (χ2v) is 2.99. The number of rotatable bonds is 0. The summed E-state index contributed by atoms with van der Waals surface area (Å²) in [4.78, 5) is 11.5. The van der Waals surface area contributed by atoms with Gasteiger partial charge in [-0.05, 0) is 24.4 Å². The average Bonchev–Trinajstić information content (AvgIpc) is 2.15. The third-order valence-corrected chi connectivity index (χ3v) is 2.08. The van der Waals surface area contributed by atoms with Crippen LogP contribution in [0.25, 0.3) is 10.8 Å². The lowest BCUT2D eigenvalue weighted by molar-refractivity contribution is 0.170. The fourth-order valence-electron chi connectivity index (χ4n) is 1.38. The lowest BCUT2D eigenvalue weighted by Crippen LogP contribution is -2.19. The SMILES string of the molecule is Cc1cc2ccccc2c(=O)n1O. The summed E-state index contributed by atoms with van der Waals surface area (Å²) < 4.78 is 0.669. The van der Waals surface area contributed by atoms with Crippen LogP contribution >= 0.6 is 0 Å². The van der Waals surface area contributed by atoms with Gasteiger partial charge in [-0.1, -0.05) is 18.2 Å². The van der Waals surface area contributed by atoms with E-state index in [9.17, 15) is 10.0 Å². The molecule has 0 radical (unpaired) electrons. The summed E-state index contributed by atoms with van der Waals surface area (Å²) in [7, 11) is 0. The molecule has 0 saturated carbocycles. The molecule has 66 valence electrons. The van der Waals surface area contributed by atoms with E-state index >= 15 is 0 Å². The van der Waals surface area contributed by atoms with Gasteiger partial charge in [0.2, 0.25) is 0 Å². The molecule has 0 bridgehead atoms. The molecule has 0 aliphatic rings. The highest BCUT2D eigenvalue weighted by Gasteiger charge is 2.03. The van der Waals surface area contributed by atoms with Crippen molar-refractivity contribution in [2.75, 3.05) is 0 Å². The number of pyridine rings is 1. The second-order valence-electron chi connectivity index (χ2n) is 2.99. The Labute approximate surface area is 74.8 Å². The summed E-state index contributed by atoms with van der Waals surface area (Å²) in [6.07, 6.45) is 0. The van der Waals surface area contributed by atoms with Crippen LogP contribution in [0.2, 0.25) is 0 Å². The lowest BCUT2D eigenvalue weighted by atomic mass is 10.1. The van der Waals surface area contributed by atoms with Crippen LogP contribution in [-0.2, 0) is 0 Å². The molecule has 0 aliphatic heterocycles. The maximum atomic E-state index is 11.5. The summed E-state index contributed by atoms with van der Waals surface area (Å²) in [5.74, 6) is 0. The maximum absolute atomic E-state index is 11.5. The molecule has 2 rings (SSSR count).